The molecular weight excluding hydrogens is 338 g/mol. The fraction of sp³-hybridized carbons (Fsp3) is 0.444. The second kappa shape index (κ2) is 5.71. The van der Waals surface area contributed by atoms with Crippen LogP contribution in [0, 0.1) is 11.8 Å². The summed E-state index contributed by atoms with van der Waals surface area (Å²) in [5, 5.41) is 2.66. The van der Waals surface area contributed by atoms with E-state index in [4.69, 9.17) is 15.2 Å². The standard InChI is InChI=1S/C18H19N3O3S/c19-13-3-1-11-6-21(7-12(11)13)18(22)14-8-25-17(20-14)10-2-4-15-16(5-10)24-9-23-15/h2,4-5,8,11-13H,1,3,6-7,9,19H2. The molecule has 0 bridgehead atoms. The Morgan fingerprint density at radius 3 is 3.00 bits per heavy atom. The van der Waals surface area contributed by atoms with Crippen LogP contribution in [0.5, 0.6) is 11.5 Å². The summed E-state index contributed by atoms with van der Waals surface area (Å²) < 4.78 is 10.8. The second-order valence-corrected chi connectivity index (χ2v) is 7.84. The van der Waals surface area contributed by atoms with E-state index in [9.17, 15) is 4.79 Å². The van der Waals surface area contributed by atoms with Gasteiger partial charge in [0.1, 0.15) is 10.7 Å². The van der Waals surface area contributed by atoms with Crippen LogP contribution in [-0.4, -0.2) is 41.7 Å². The Labute approximate surface area is 149 Å². The Hall–Kier alpha value is -2.12. The average Bonchev–Trinajstić information content (AvgIpc) is 3.39. The van der Waals surface area contributed by atoms with E-state index in [2.05, 4.69) is 4.98 Å². The van der Waals surface area contributed by atoms with Gasteiger partial charge in [-0.15, -0.1) is 11.3 Å². The number of amides is 1. The number of ether oxygens (including phenoxy) is 2. The lowest BCUT2D eigenvalue weighted by atomic mass is 9.98. The van der Waals surface area contributed by atoms with Crippen molar-refractivity contribution in [2.24, 2.45) is 17.6 Å². The van der Waals surface area contributed by atoms with Gasteiger partial charge in [-0.05, 0) is 42.9 Å². The lowest BCUT2D eigenvalue weighted by molar-refractivity contribution is 0.0774. The molecule has 7 heteroatoms. The number of nitrogens with two attached hydrogens (primary N) is 1. The van der Waals surface area contributed by atoms with Crippen LogP contribution in [0.25, 0.3) is 10.6 Å². The van der Waals surface area contributed by atoms with Crippen LogP contribution < -0.4 is 15.2 Å². The van der Waals surface area contributed by atoms with Crippen molar-refractivity contribution >= 4 is 17.2 Å². The molecule has 3 unspecified atom stereocenters. The number of thiazole rings is 1. The van der Waals surface area contributed by atoms with Gasteiger partial charge in [0.2, 0.25) is 6.79 Å². The summed E-state index contributed by atoms with van der Waals surface area (Å²) in [5.74, 6) is 2.50. The minimum atomic E-state index is 0.0184. The molecule has 0 radical (unpaired) electrons. The number of likely N-dealkylation sites (tertiary alicyclic amines) is 1. The smallest absolute Gasteiger partial charge is 0.273 e. The van der Waals surface area contributed by atoms with E-state index in [1.807, 2.05) is 28.5 Å². The molecule has 1 aromatic heterocycles. The molecule has 1 saturated carbocycles. The Morgan fingerprint density at radius 2 is 2.12 bits per heavy atom. The van der Waals surface area contributed by atoms with Crippen molar-refractivity contribution in [3.63, 3.8) is 0 Å². The highest BCUT2D eigenvalue weighted by atomic mass is 32.1. The van der Waals surface area contributed by atoms with Crippen LogP contribution in [0.15, 0.2) is 23.6 Å². The molecule has 1 saturated heterocycles. The number of fused-ring (bicyclic) bond motifs is 2. The lowest BCUT2D eigenvalue weighted by Gasteiger charge is -2.17. The Morgan fingerprint density at radius 1 is 1.24 bits per heavy atom. The lowest BCUT2D eigenvalue weighted by Crippen LogP contribution is -2.33. The Bertz CT molecular complexity index is 837. The van der Waals surface area contributed by atoms with Crippen molar-refractivity contribution in [1.82, 2.24) is 9.88 Å². The molecule has 2 N–H and O–H groups in total. The molecule has 1 amide bonds. The van der Waals surface area contributed by atoms with Gasteiger partial charge in [0.05, 0.1) is 0 Å². The third kappa shape index (κ3) is 2.49. The normalized spacial score (nSPS) is 26.9. The summed E-state index contributed by atoms with van der Waals surface area (Å²) >= 11 is 1.48. The first-order valence-corrected chi connectivity index (χ1v) is 9.47. The zero-order chi connectivity index (χ0) is 17.0. The number of benzene rings is 1. The van der Waals surface area contributed by atoms with E-state index < -0.39 is 0 Å². The molecule has 0 spiro atoms. The van der Waals surface area contributed by atoms with E-state index in [0.717, 1.165) is 48.0 Å². The highest BCUT2D eigenvalue weighted by Crippen LogP contribution is 2.39. The molecule has 6 nitrogen and oxygen atoms in total. The SMILES string of the molecule is NC1CCC2CN(C(=O)c3csc(-c4ccc5c(c4)OCO5)n3)CC12. The molecule has 2 aromatic rings. The van der Waals surface area contributed by atoms with Gasteiger partial charge < -0.3 is 20.1 Å². The Balaban J connectivity index is 1.35. The van der Waals surface area contributed by atoms with Crippen LogP contribution in [0.4, 0.5) is 0 Å². The highest BCUT2D eigenvalue weighted by Gasteiger charge is 2.42. The summed E-state index contributed by atoms with van der Waals surface area (Å²) in [4.78, 5) is 19.3. The van der Waals surface area contributed by atoms with Crippen molar-refractivity contribution in [2.45, 2.75) is 18.9 Å². The van der Waals surface area contributed by atoms with E-state index in [-0.39, 0.29) is 18.7 Å². The minimum absolute atomic E-state index is 0.0184. The summed E-state index contributed by atoms with van der Waals surface area (Å²) in [6, 6.07) is 5.97. The monoisotopic (exact) mass is 357 g/mol. The minimum Gasteiger partial charge on any atom is -0.454 e. The van der Waals surface area contributed by atoms with Crippen LogP contribution >= 0.6 is 11.3 Å². The van der Waals surface area contributed by atoms with Crippen molar-refractivity contribution < 1.29 is 14.3 Å². The van der Waals surface area contributed by atoms with Crippen LogP contribution in [-0.2, 0) is 0 Å². The second-order valence-electron chi connectivity index (χ2n) is 6.98. The first-order valence-electron chi connectivity index (χ1n) is 8.59. The number of carbonyl (C=O) groups is 1. The summed E-state index contributed by atoms with van der Waals surface area (Å²) in [6.45, 7) is 1.83. The van der Waals surface area contributed by atoms with Crippen molar-refractivity contribution in [3.8, 4) is 22.1 Å². The average molecular weight is 357 g/mol. The van der Waals surface area contributed by atoms with Gasteiger partial charge in [0.15, 0.2) is 11.5 Å². The molecule has 1 aliphatic carbocycles. The molecular formula is C18H19N3O3S. The molecule has 130 valence electrons. The van der Waals surface area contributed by atoms with Crippen molar-refractivity contribution in [2.75, 3.05) is 19.9 Å². The first kappa shape index (κ1) is 15.2. The topological polar surface area (TPSA) is 77.7 Å². The van der Waals surface area contributed by atoms with Crippen LogP contribution in [0.2, 0.25) is 0 Å². The molecule has 3 heterocycles. The van der Waals surface area contributed by atoms with Gasteiger partial charge in [0.25, 0.3) is 5.91 Å². The van der Waals surface area contributed by atoms with E-state index >= 15 is 0 Å². The number of aromatic nitrogens is 1. The summed E-state index contributed by atoms with van der Waals surface area (Å²) in [5.41, 5.74) is 7.63. The molecule has 3 atom stereocenters. The first-order chi connectivity index (χ1) is 12.2. The number of hydrogen-bond donors (Lipinski definition) is 1. The number of nitrogens with zero attached hydrogens (tertiary/aromatic N) is 2. The van der Waals surface area contributed by atoms with Gasteiger partial charge >= 0.3 is 0 Å². The summed E-state index contributed by atoms with van der Waals surface area (Å²) in [6.07, 6.45) is 2.22. The van der Waals surface area contributed by atoms with Gasteiger partial charge in [0, 0.05) is 30.1 Å². The van der Waals surface area contributed by atoms with E-state index in [1.165, 1.54) is 11.3 Å². The molecule has 5 rings (SSSR count). The maximum absolute atomic E-state index is 12.8. The number of hydrogen-bond acceptors (Lipinski definition) is 6. The van der Waals surface area contributed by atoms with Gasteiger partial charge in [-0.25, -0.2) is 4.98 Å². The number of carbonyl (C=O) groups excluding carboxylic acids is 1. The fourth-order valence-corrected chi connectivity index (χ4v) is 4.96. The zero-order valence-electron chi connectivity index (χ0n) is 13.7. The van der Waals surface area contributed by atoms with Crippen molar-refractivity contribution in [3.05, 3.63) is 29.3 Å². The maximum Gasteiger partial charge on any atom is 0.273 e. The van der Waals surface area contributed by atoms with Gasteiger partial charge in [-0.2, -0.15) is 0 Å². The predicted octanol–water partition coefficient (Wildman–Crippen LogP) is 2.35. The Kier molecular flexibility index (Phi) is 3.46. The van der Waals surface area contributed by atoms with E-state index in [1.54, 1.807) is 0 Å². The molecule has 25 heavy (non-hydrogen) atoms. The third-order valence-electron chi connectivity index (χ3n) is 5.54. The van der Waals surface area contributed by atoms with Crippen LogP contribution in [0.3, 0.4) is 0 Å². The van der Waals surface area contributed by atoms with E-state index in [0.29, 0.717) is 17.5 Å². The van der Waals surface area contributed by atoms with Gasteiger partial charge in [-0.3, -0.25) is 4.79 Å². The molecule has 2 aliphatic heterocycles. The summed E-state index contributed by atoms with van der Waals surface area (Å²) in [7, 11) is 0. The molecule has 3 aliphatic rings. The molecule has 2 fully saturated rings. The van der Waals surface area contributed by atoms with Crippen LogP contribution in [0.1, 0.15) is 23.3 Å². The van der Waals surface area contributed by atoms with Crippen molar-refractivity contribution in [1.29, 1.82) is 0 Å². The number of rotatable bonds is 2. The quantitative estimate of drug-likeness (QED) is 0.893. The fourth-order valence-electron chi connectivity index (χ4n) is 4.17. The highest BCUT2D eigenvalue weighted by molar-refractivity contribution is 7.13. The van der Waals surface area contributed by atoms with Gasteiger partial charge in [-0.1, -0.05) is 0 Å². The third-order valence-corrected chi connectivity index (χ3v) is 6.43. The molecule has 1 aromatic carbocycles. The zero-order valence-corrected chi connectivity index (χ0v) is 14.5. The largest absolute Gasteiger partial charge is 0.454 e. The predicted molar refractivity (Wildman–Crippen MR) is 93.8 cm³/mol. The maximum atomic E-state index is 12.8.